The Kier molecular flexibility index (Phi) is 5.24. The summed E-state index contributed by atoms with van der Waals surface area (Å²) in [5.74, 6) is -0.273. The lowest BCUT2D eigenvalue weighted by Gasteiger charge is -2.17. The van der Waals surface area contributed by atoms with Gasteiger partial charge in [0.15, 0.2) is 0 Å². The Bertz CT molecular complexity index is 554. The molecule has 106 valence electrons. The fourth-order valence-electron chi connectivity index (χ4n) is 2.41. The molecule has 0 saturated heterocycles. The van der Waals surface area contributed by atoms with E-state index in [0.29, 0.717) is 6.42 Å². The average molecular weight is 275 g/mol. The molecule has 2 aromatic carbocycles. The van der Waals surface area contributed by atoms with Crippen LogP contribution in [0.5, 0.6) is 0 Å². The van der Waals surface area contributed by atoms with Gasteiger partial charge in [-0.3, -0.25) is 0 Å². The first-order valence-electron chi connectivity index (χ1n) is 6.83. The molecule has 0 aliphatic carbocycles. The van der Waals surface area contributed by atoms with Gasteiger partial charge in [-0.15, -0.1) is 0 Å². The number of hydrogen-bond donors (Lipinski definition) is 1. The van der Waals surface area contributed by atoms with E-state index in [1.54, 1.807) is 24.3 Å². The molecule has 0 heterocycles. The van der Waals surface area contributed by atoms with Crippen molar-refractivity contribution in [3.05, 3.63) is 71.3 Å². The second-order valence-electron chi connectivity index (χ2n) is 4.98. The number of hydrogen-bond acceptors (Lipinski definition) is 1. The molecule has 0 spiro atoms. The SMILES string of the molecule is CNCCC(Cc1cccc(F)c1)c1cccc(F)c1. The van der Waals surface area contributed by atoms with Gasteiger partial charge in [0.2, 0.25) is 0 Å². The minimum absolute atomic E-state index is 0.181. The Balaban J connectivity index is 2.19. The van der Waals surface area contributed by atoms with E-state index in [9.17, 15) is 8.78 Å². The van der Waals surface area contributed by atoms with Crippen molar-refractivity contribution in [2.24, 2.45) is 0 Å². The van der Waals surface area contributed by atoms with Crippen molar-refractivity contribution in [3.8, 4) is 0 Å². The van der Waals surface area contributed by atoms with Crippen molar-refractivity contribution < 1.29 is 8.78 Å². The molecule has 1 N–H and O–H groups in total. The zero-order valence-electron chi connectivity index (χ0n) is 11.6. The van der Waals surface area contributed by atoms with Crippen LogP contribution in [0.2, 0.25) is 0 Å². The lowest BCUT2D eigenvalue weighted by Crippen LogP contribution is -2.14. The highest BCUT2D eigenvalue weighted by Gasteiger charge is 2.13. The smallest absolute Gasteiger partial charge is 0.123 e. The molecule has 2 rings (SSSR count). The molecule has 1 unspecified atom stereocenters. The lowest BCUT2D eigenvalue weighted by molar-refractivity contribution is 0.576. The zero-order valence-corrected chi connectivity index (χ0v) is 11.6. The molecular formula is C17H19F2N. The minimum Gasteiger partial charge on any atom is -0.320 e. The first-order valence-corrected chi connectivity index (χ1v) is 6.83. The van der Waals surface area contributed by atoms with Crippen LogP contribution >= 0.6 is 0 Å². The summed E-state index contributed by atoms with van der Waals surface area (Å²) in [4.78, 5) is 0. The maximum absolute atomic E-state index is 13.4. The van der Waals surface area contributed by atoms with Crippen LogP contribution in [0.1, 0.15) is 23.5 Å². The topological polar surface area (TPSA) is 12.0 Å². The van der Waals surface area contributed by atoms with Gasteiger partial charge in [-0.1, -0.05) is 24.3 Å². The van der Waals surface area contributed by atoms with Gasteiger partial charge in [0.1, 0.15) is 11.6 Å². The van der Waals surface area contributed by atoms with E-state index in [0.717, 1.165) is 24.1 Å². The van der Waals surface area contributed by atoms with Gasteiger partial charge < -0.3 is 5.32 Å². The number of rotatable bonds is 6. The Labute approximate surface area is 118 Å². The molecule has 2 aromatic rings. The molecule has 0 bridgehead atoms. The molecule has 0 fully saturated rings. The summed E-state index contributed by atoms with van der Waals surface area (Å²) < 4.78 is 26.6. The van der Waals surface area contributed by atoms with E-state index in [2.05, 4.69) is 5.32 Å². The third-order valence-electron chi connectivity index (χ3n) is 3.43. The first kappa shape index (κ1) is 14.7. The Morgan fingerprint density at radius 1 is 1.00 bits per heavy atom. The highest BCUT2D eigenvalue weighted by molar-refractivity contribution is 5.25. The molecule has 0 aromatic heterocycles. The van der Waals surface area contributed by atoms with E-state index in [1.807, 2.05) is 19.2 Å². The summed E-state index contributed by atoms with van der Waals surface area (Å²) in [6, 6.07) is 13.3. The fraction of sp³-hybridized carbons (Fsp3) is 0.294. The van der Waals surface area contributed by atoms with Crippen LogP contribution < -0.4 is 5.32 Å². The minimum atomic E-state index is -0.228. The van der Waals surface area contributed by atoms with Crippen molar-refractivity contribution in [3.63, 3.8) is 0 Å². The van der Waals surface area contributed by atoms with Gasteiger partial charge in [-0.05, 0) is 67.7 Å². The predicted octanol–water partition coefficient (Wildman–Crippen LogP) is 3.90. The average Bonchev–Trinajstić information content (AvgIpc) is 2.43. The standard InChI is InChI=1S/C17H19F2N/c1-20-9-8-15(14-5-3-7-17(19)12-14)10-13-4-2-6-16(18)11-13/h2-7,11-12,15,20H,8-10H2,1H3. The van der Waals surface area contributed by atoms with Crippen LogP contribution in [0.25, 0.3) is 0 Å². The van der Waals surface area contributed by atoms with Gasteiger partial charge in [-0.25, -0.2) is 8.78 Å². The summed E-state index contributed by atoms with van der Waals surface area (Å²) in [6.45, 7) is 0.844. The van der Waals surface area contributed by atoms with Crippen LogP contribution in [0.3, 0.4) is 0 Å². The van der Waals surface area contributed by atoms with Crippen LogP contribution in [-0.4, -0.2) is 13.6 Å². The van der Waals surface area contributed by atoms with Crippen molar-refractivity contribution in [2.75, 3.05) is 13.6 Å². The van der Waals surface area contributed by atoms with E-state index in [4.69, 9.17) is 0 Å². The maximum Gasteiger partial charge on any atom is 0.123 e. The third kappa shape index (κ3) is 4.14. The molecule has 1 nitrogen and oxygen atoms in total. The highest BCUT2D eigenvalue weighted by Crippen LogP contribution is 2.25. The second kappa shape index (κ2) is 7.15. The Hall–Kier alpha value is -1.74. The normalized spacial score (nSPS) is 12.3. The molecule has 0 aliphatic heterocycles. The van der Waals surface area contributed by atoms with Crippen molar-refractivity contribution in [1.29, 1.82) is 0 Å². The summed E-state index contributed by atoms with van der Waals surface area (Å²) >= 11 is 0. The van der Waals surface area contributed by atoms with Crippen LogP contribution in [0, 0.1) is 11.6 Å². The largest absolute Gasteiger partial charge is 0.320 e. The summed E-state index contributed by atoms with van der Waals surface area (Å²) in [7, 11) is 1.89. The third-order valence-corrected chi connectivity index (χ3v) is 3.43. The van der Waals surface area contributed by atoms with Gasteiger partial charge in [0.05, 0.1) is 0 Å². The van der Waals surface area contributed by atoms with Crippen molar-refractivity contribution in [2.45, 2.75) is 18.8 Å². The van der Waals surface area contributed by atoms with Crippen LogP contribution in [0.4, 0.5) is 8.78 Å². The molecule has 3 heteroatoms. The molecule has 1 atom stereocenters. The lowest BCUT2D eigenvalue weighted by atomic mass is 9.89. The van der Waals surface area contributed by atoms with Crippen LogP contribution in [-0.2, 0) is 6.42 Å². The number of halogens is 2. The Morgan fingerprint density at radius 3 is 2.35 bits per heavy atom. The summed E-state index contributed by atoms with van der Waals surface area (Å²) in [5, 5.41) is 3.11. The number of nitrogens with one attached hydrogen (secondary N) is 1. The Morgan fingerprint density at radius 2 is 1.70 bits per heavy atom. The molecular weight excluding hydrogens is 256 g/mol. The van der Waals surface area contributed by atoms with Gasteiger partial charge in [0, 0.05) is 0 Å². The summed E-state index contributed by atoms with van der Waals surface area (Å²) in [5.41, 5.74) is 1.90. The first-order chi connectivity index (χ1) is 9.69. The monoisotopic (exact) mass is 275 g/mol. The predicted molar refractivity (Wildman–Crippen MR) is 77.8 cm³/mol. The zero-order chi connectivity index (χ0) is 14.4. The van der Waals surface area contributed by atoms with Crippen molar-refractivity contribution >= 4 is 0 Å². The molecule has 20 heavy (non-hydrogen) atoms. The van der Waals surface area contributed by atoms with Gasteiger partial charge >= 0.3 is 0 Å². The quantitative estimate of drug-likeness (QED) is 0.843. The molecule has 0 aliphatic rings. The maximum atomic E-state index is 13.4. The summed E-state index contributed by atoms with van der Waals surface area (Å²) in [6.07, 6.45) is 1.60. The van der Waals surface area contributed by atoms with Gasteiger partial charge in [-0.2, -0.15) is 0 Å². The van der Waals surface area contributed by atoms with E-state index in [-0.39, 0.29) is 17.6 Å². The molecule has 0 radical (unpaired) electrons. The fourth-order valence-corrected chi connectivity index (χ4v) is 2.41. The number of benzene rings is 2. The van der Waals surface area contributed by atoms with Gasteiger partial charge in [0.25, 0.3) is 0 Å². The van der Waals surface area contributed by atoms with E-state index in [1.165, 1.54) is 12.1 Å². The van der Waals surface area contributed by atoms with E-state index >= 15 is 0 Å². The van der Waals surface area contributed by atoms with Crippen LogP contribution in [0.15, 0.2) is 48.5 Å². The van der Waals surface area contributed by atoms with E-state index < -0.39 is 0 Å². The highest BCUT2D eigenvalue weighted by atomic mass is 19.1. The molecule has 0 amide bonds. The second-order valence-corrected chi connectivity index (χ2v) is 4.98. The molecule has 0 saturated carbocycles. The van der Waals surface area contributed by atoms with Crippen molar-refractivity contribution in [1.82, 2.24) is 5.32 Å².